The van der Waals surface area contributed by atoms with Crippen molar-refractivity contribution >= 4 is 6.09 Å². The lowest BCUT2D eigenvalue weighted by atomic mass is 10.1. The number of nitrogens with zero attached hydrogens (tertiary/aromatic N) is 2. The summed E-state index contributed by atoms with van der Waals surface area (Å²) in [5.41, 5.74) is 0.558. The van der Waals surface area contributed by atoms with Crippen molar-refractivity contribution in [3.05, 3.63) is 29.8 Å². The molecule has 1 saturated heterocycles. The van der Waals surface area contributed by atoms with Crippen LogP contribution in [0.2, 0.25) is 0 Å². The third-order valence-corrected chi connectivity index (χ3v) is 3.98. The minimum absolute atomic E-state index is 0.312. The van der Waals surface area contributed by atoms with E-state index in [2.05, 4.69) is 4.90 Å². The van der Waals surface area contributed by atoms with Crippen LogP contribution in [-0.2, 0) is 11.3 Å². The van der Waals surface area contributed by atoms with Crippen molar-refractivity contribution in [2.24, 2.45) is 0 Å². The number of benzene rings is 1. The van der Waals surface area contributed by atoms with E-state index in [0.29, 0.717) is 26.2 Å². The number of rotatable bonds is 4. The topological polar surface area (TPSA) is 42.0 Å². The number of hydrogen-bond donors (Lipinski definition) is 0. The Morgan fingerprint density at radius 3 is 2.46 bits per heavy atom. The van der Waals surface area contributed by atoms with E-state index >= 15 is 0 Å². The number of piperazine rings is 1. The molecule has 1 atom stereocenters. The summed E-state index contributed by atoms with van der Waals surface area (Å²) in [6.45, 7) is 7.17. The lowest BCUT2D eigenvalue weighted by Gasteiger charge is -2.40. The van der Waals surface area contributed by atoms with Crippen LogP contribution in [0.4, 0.5) is 9.18 Å². The minimum atomic E-state index is -0.539. The Labute approximate surface area is 143 Å². The number of carbonyl (C=O) groups is 1. The molecule has 0 saturated carbocycles. The van der Waals surface area contributed by atoms with E-state index in [1.807, 2.05) is 45.0 Å². The summed E-state index contributed by atoms with van der Waals surface area (Å²) in [7, 11) is 1.63. The first-order chi connectivity index (χ1) is 11.3. The van der Waals surface area contributed by atoms with Crippen LogP contribution < -0.4 is 4.74 Å². The molecule has 1 aliphatic rings. The first-order valence-corrected chi connectivity index (χ1v) is 8.23. The molecule has 1 fully saturated rings. The highest BCUT2D eigenvalue weighted by Crippen LogP contribution is 2.19. The number of ether oxygens (including phenoxy) is 2. The van der Waals surface area contributed by atoms with E-state index in [1.165, 1.54) is 0 Å². The van der Waals surface area contributed by atoms with Crippen molar-refractivity contribution in [1.29, 1.82) is 0 Å². The summed E-state index contributed by atoms with van der Waals surface area (Å²) in [4.78, 5) is 15.8. The van der Waals surface area contributed by atoms with Gasteiger partial charge in [-0.25, -0.2) is 9.18 Å². The predicted octanol–water partition coefficient (Wildman–Crippen LogP) is 3.09. The average molecular weight is 338 g/mol. The van der Waals surface area contributed by atoms with Gasteiger partial charge in [0.05, 0.1) is 13.2 Å². The summed E-state index contributed by atoms with van der Waals surface area (Å²) in [5.74, 6) is 0.801. The lowest BCUT2D eigenvalue weighted by molar-refractivity contribution is -0.000712. The zero-order chi connectivity index (χ0) is 17.7. The van der Waals surface area contributed by atoms with Crippen LogP contribution in [0.15, 0.2) is 24.3 Å². The van der Waals surface area contributed by atoms with Gasteiger partial charge in [-0.2, -0.15) is 0 Å². The van der Waals surface area contributed by atoms with Gasteiger partial charge in [-0.05, 0) is 38.5 Å². The molecule has 24 heavy (non-hydrogen) atoms. The third-order valence-electron chi connectivity index (χ3n) is 3.98. The second-order valence-electron chi connectivity index (χ2n) is 7.05. The molecule has 1 aromatic carbocycles. The molecule has 0 N–H and O–H groups in total. The van der Waals surface area contributed by atoms with Gasteiger partial charge in [0.15, 0.2) is 0 Å². The monoisotopic (exact) mass is 338 g/mol. The fraction of sp³-hybridized carbons (Fsp3) is 0.611. The van der Waals surface area contributed by atoms with Gasteiger partial charge in [0, 0.05) is 26.2 Å². The van der Waals surface area contributed by atoms with Crippen molar-refractivity contribution in [3.63, 3.8) is 0 Å². The molecule has 1 aromatic rings. The molecule has 0 unspecified atom stereocenters. The standard InChI is InChI=1S/C18H27FN2O3/c1-18(2,3)24-17(22)21-10-9-20(15(11-19)13-21)12-14-5-7-16(23-4)8-6-14/h5-8,15H,9-13H2,1-4H3/t15-/m1/s1. The minimum Gasteiger partial charge on any atom is -0.497 e. The van der Waals surface area contributed by atoms with Crippen molar-refractivity contribution in [1.82, 2.24) is 9.80 Å². The highest BCUT2D eigenvalue weighted by molar-refractivity contribution is 5.68. The normalized spacial score (nSPS) is 19.2. The number of methoxy groups -OCH3 is 1. The molecule has 0 radical (unpaired) electrons. The molecule has 6 heteroatoms. The number of halogens is 1. The Hall–Kier alpha value is -1.82. The van der Waals surface area contributed by atoms with Crippen LogP contribution in [0.1, 0.15) is 26.3 Å². The molecule has 0 spiro atoms. The third kappa shape index (κ3) is 5.09. The van der Waals surface area contributed by atoms with Crippen molar-refractivity contribution in [3.8, 4) is 5.75 Å². The molecular formula is C18H27FN2O3. The SMILES string of the molecule is COc1ccc(CN2CCN(C(=O)OC(C)(C)C)C[C@H]2CF)cc1. The first kappa shape index (κ1) is 18.5. The van der Waals surface area contributed by atoms with Crippen LogP contribution in [0.5, 0.6) is 5.75 Å². The molecular weight excluding hydrogens is 311 g/mol. The Morgan fingerprint density at radius 1 is 1.25 bits per heavy atom. The van der Waals surface area contributed by atoms with Gasteiger partial charge in [0.25, 0.3) is 0 Å². The Kier molecular flexibility index (Phi) is 6.04. The number of alkyl halides is 1. The zero-order valence-electron chi connectivity index (χ0n) is 14.9. The van der Waals surface area contributed by atoms with Gasteiger partial charge >= 0.3 is 6.09 Å². The van der Waals surface area contributed by atoms with E-state index in [1.54, 1.807) is 12.0 Å². The first-order valence-electron chi connectivity index (χ1n) is 8.23. The number of carbonyl (C=O) groups excluding carboxylic acids is 1. The highest BCUT2D eigenvalue weighted by atomic mass is 19.1. The molecule has 134 valence electrons. The molecule has 1 heterocycles. The quantitative estimate of drug-likeness (QED) is 0.846. The van der Waals surface area contributed by atoms with Crippen LogP contribution in [0, 0.1) is 0 Å². The Morgan fingerprint density at radius 2 is 1.92 bits per heavy atom. The van der Waals surface area contributed by atoms with Gasteiger partial charge in [0.1, 0.15) is 18.0 Å². The van der Waals surface area contributed by atoms with Crippen molar-refractivity contribution in [2.45, 2.75) is 39.0 Å². The molecule has 2 rings (SSSR count). The van der Waals surface area contributed by atoms with Crippen molar-refractivity contribution < 1.29 is 18.7 Å². The number of amides is 1. The molecule has 0 aliphatic carbocycles. The molecule has 1 amide bonds. The largest absolute Gasteiger partial charge is 0.497 e. The van der Waals surface area contributed by atoms with E-state index < -0.39 is 12.3 Å². The highest BCUT2D eigenvalue weighted by Gasteiger charge is 2.31. The molecule has 5 nitrogen and oxygen atoms in total. The fourth-order valence-electron chi connectivity index (χ4n) is 2.71. The smallest absolute Gasteiger partial charge is 0.410 e. The maximum absolute atomic E-state index is 13.5. The van der Waals surface area contributed by atoms with Gasteiger partial charge in [-0.15, -0.1) is 0 Å². The van der Waals surface area contributed by atoms with Crippen LogP contribution in [0.3, 0.4) is 0 Å². The van der Waals surface area contributed by atoms with E-state index in [9.17, 15) is 9.18 Å². The maximum Gasteiger partial charge on any atom is 0.410 e. The summed E-state index contributed by atoms with van der Waals surface area (Å²) in [6, 6.07) is 7.45. The lowest BCUT2D eigenvalue weighted by Crippen LogP contribution is -2.55. The van der Waals surface area contributed by atoms with Crippen molar-refractivity contribution in [2.75, 3.05) is 33.4 Å². The Bertz CT molecular complexity index is 542. The molecule has 1 aliphatic heterocycles. The fourth-order valence-corrected chi connectivity index (χ4v) is 2.71. The molecule has 0 aromatic heterocycles. The van der Waals surface area contributed by atoms with Gasteiger partial charge in [0.2, 0.25) is 0 Å². The van der Waals surface area contributed by atoms with E-state index in [-0.39, 0.29) is 12.1 Å². The Balaban J connectivity index is 1.95. The summed E-state index contributed by atoms with van der Waals surface area (Å²) in [6.07, 6.45) is -0.370. The van der Waals surface area contributed by atoms with Gasteiger partial charge in [-0.1, -0.05) is 12.1 Å². The van der Waals surface area contributed by atoms with E-state index in [4.69, 9.17) is 9.47 Å². The maximum atomic E-state index is 13.5. The van der Waals surface area contributed by atoms with Gasteiger partial charge in [-0.3, -0.25) is 4.90 Å². The summed E-state index contributed by atoms with van der Waals surface area (Å²) < 4.78 is 24.0. The average Bonchev–Trinajstić information content (AvgIpc) is 2.54. The summed E-state index contributed by atoms with van der Waals surface area (Å²) in [5, 5.41) is 0. The second kappa shape index (κ2) is 7.83. The molecule has 0 bridgehead atoms. The second-order valence-corrected chi connectivity index (χ2v) is 7.05. The summed E-state index contributed by atoms with van der Waals surface area (Å²) >= 11 is 0. The van der Waals surface area contributed by atoms with Gasteiger partial charge < -0.3 is 14.4 Å². The number of hydrogen-bond acceptors (Lipinski definition) is 4. The van der Waals surface area contributed by atoms with Crippen LogP contribution >= 0.6 is 0 Å². The zero-order valence-corrected chi connectivity index (χ0v) is 14.9. The van der Waals surface area contributed by atoms with Crippen LogP contribution in [0.25, 0.3) is 0 Å². The predicted molar refractivity (Wildman–Crippen MR) is 91.0 cm³/mol. The van der Waals surface area contributed by atoms with Crippen LogP contribution in [-0.4, -0.2) is 61.0 Å². The van der Waals surface area contributed by atoms with E-state index in [0.717, 1.165) is 11.3 Å².